The van der Waals surface area contributed by atoms with Crippen LogP contribution in [0.2, 0.25) is 0 Å². The minimum Gasteiger partial charge on any atom is -0.468 e. The van der Waals surface area contributed by atoms with Gasteiger partial charge in [-0.25, -0.2) is 4.99 Å². The Labute approximate surface area is 213 Å². The Kier molecular flexibility index (Phi) is 6.88. The topological polar surface area (TPSA) is 66.3 Å². The molecule has 6 heteroatoms. The van der Waals surface area contributed by atoms with Gasteiger partial charge in [0.25, 0.3) is 0 Å². The lowest BCUT2D eigenvalue weighted by molar-refractivity contribution is -0.148. The number of carbonyl (C=O) groups is 1. The monoisotopic (exact) mass is 482 g/mol. The van der Waals surface area contributed by atoms with Crippen molar-refractivity contribution in [2.75, 3.05) is 25.5 Å². The Bertz CT molecular complexity index is 1250. The second-order valence-electron chi connectivity index (χ2n) is 9.97. The number of rotatable bonds is 5. The smallest absolute Gasteiger partial charge is 0.323 e. The number of fused-ring (bicyclic) bond motifs is 1. The molecule has 186 valence electrons. The molecule has 36 heavy (non-hydrogen) atoms. The fourth-order valence-corrected chi connectivity index (χ4v) is 5.44. The molecule has 1 saturated heterocycles. The highest BCUT2D eigenvalue weighted by atomic mass is 16.5. The van der Waals surface area contributed by atoms with E-state index in [4.69, 9.17) is 14.7 Å². The Balaban J connectivity index is 1.35. The van der Waals surface area contributed by atoms with Crippen molar-refractivity contribution in [3.63, 3.8) is 0 Å². The van der Waals surface area contributed by atoms with Gasteiger partial charge in [-0.2, -0.15) is 0 Å². The molecule has 2 unspecified atom stereocenters. The van der Waals surface area contributed by atoms with Gasteiger partial charge in [-0.1, -0.05) is 61.0 Å². The summed E-state index contributed by atoms with van der Waals surface area (Å²) in [5.74, 6) is 0.772. The van der Waals surface area contributed by atoms with Gasteiger partial charge in [0.2, 0.25) is 0 Å². The Morgan fingerprint density at radius 2 is 2.00 bits per heavy atom. The van der Waals surface area contributed by atoms with Gasteiger partial charge >= 0.3 is 5.97 Å². The van der Waals surface area contributed by atoms with E-state index in [0.717, 1.165) is 42.9 Å². The quantitative estimate of drug-likeness (QED) is 0.579. The van der Waals surface area contributed by atoms with Gasteiger partial charge in [0.1, 0.15) is 17.4 Å². The van der Waals surface area contributed by atoms with Crippen LogP contribution in [0.3, 0.4) is 0 Å². The van der Waals surface area contributed by atoms with Gasteiger partial charge in [-0.15, -0.1) is 0 Å². The Morgan fingerprint density at radius 1 is 1.17 bits per heavy atom. The number of methoxy groups -OCH3 is 1. The molecule has 0 spiro atoms. The summed E-state index contributed by atoms with van der Waals surface area (Å²) < 4.78 is 5.06. The number of aliphatic imine (C=N–C) groups is 2. The summed E-state index contributed by atoms with van der Waals surface area (Å²) >= 11 is 0. The molecule has 0 saturated carbocycles. The maximum Gasteiger partial charge on any atom is 0.323 e. The third-order valence-corrected chi connectivity index (χ3v) is 7.66. The summed E-state index contributed by atoms with van der Waals surface area (Å²) in [6, 6.07) is 16.6. The molecule has 0 amide bonds. The maximum absolute atomic E-state index is 12.3. The maximum atomic E-state index is 12.3. The van der Waals surface area contributed by atoms with Crippen molar-refractivity contribution in [2.24, 2.45) is 15.9 Å². The predicted octanol–water partition coefficient (Wildman–Crippen LogP) is 5.41. The summed E-state index contributed by atoms with van der Waals surface area (Å²) in [5, 5.41) is 3.61. The van der Waals surface area contributed by atoms with Gasteiger partial charge in [-0.05, 0) is 61.6 Å². The molecule has 5 rings (SSSR count). The van der Waals surface area contributed by atoms with E-state index in [1.54, 1.807) is 0 Å². The average molecular weight is 483 g/mol. The largest absolute Gasteiger partial charge is 0.468 e. The number of anilines is 1. The van der Waals surface area contributed by atoms with Gasteiger partial charge in [-0.3, -0.25) is 14.7 Å². The highest BCUT2D eigenvalue weighted by Gasteiger charge is 2.41. The number of piperidine rings is 1. The van der Waals surface area contributed by atoms with Gasteiger partial charge < -0.3 is 10.1 Å². The van der Waals surface area contributed by atoms with Gasteiger partial charge in [0, 0.05) is 30.6 Å². The molecule has 1 fully saturated rings. The van der Waals surface area contributed by atoms with Crippen molar-refractivity contribution < 1.29 is 9.53 Å². The number of likely N-dealkylation sites (tertiary alicyclic amines) is 1. The van der Waals surface area contributed by atoms with Crippen LogP contribution in [-0.2, 0) is 9.53 Å². The van der Waals surface area contributed by atoms with Crippen molar-refractivity contribution in [3.05, 3.63) is 78.0 Å². The summed E-state index contributed by atoms with van der Waals surface area (Å²) in [6.07, 6.45) is 11.2. The fraction of sp³-hybridized carbons (Fsp3) is 0.367. The zero-order valence-electron chi connectivity index (χ0n) is 21.3. The number of carbonyl (C=O) groups excluding carboxylic acids is 1. The number of hydrogen-bond donors (Lipinski definition) is 1. The zero-order chi connectivity index (χ0) is 25.1. The lowest BCUT2D eigenvalue weighted by Crippen LogP contribution is -2.49. The minimum atomic E-state index is -0.517. The molecular weight excluding hydrogens is 448 g/mol. The first-order valence-electron chi connectivity index (χ1n) is 12.7. The molecule has 1 N–H and O–H groups in total. The first-order chi connectivity index (χ1) is 17.5. The number of dihydropyridines is 1. The molecule has 2 aromatic carbocycles. The number of nitrogens with one attached hydrogen (secondary N) is 1. The zero-order valence-corrected chi connectivity index (χ0v) is 21.3. The van der Waals surface area contributed by atoms with Crippen LogP contribution in [0.4, 0.5) is 5.69 Å². The van der Waals surface area contributed by atoms with E-state index < -0.39 is 5.54 Å². The molecule has 2 aromatic rings. The lowest BCUT2D eigenvalue weighted by Gasteiger charge is -2.39. The number of ether oxygens (including phenoxy) is 1. The molecule has 0 radical (unpaired) electrons. The van der Waals surface area contributed by atoms with E-state index in [9.17, 15) is 4.79 Å². The molecule has 3 atom stereocenters. The highest BCUT2D eigenvalue weighted by molar-refractivity contribution is 6.06. The molecule has 3 heterocycles. The number of nitrogens with zero attached hydrogens (tertiary/aromatic N) is 3. The third kappa shape index (κ3) is 4.65. The van der Waals surface area contributed by atoms with E-state index in [1.165, 1.54) is 23.8 Å². The standard InChI is InChI=1S/C30H34N4O2/c1-21-25(23-10-5-4-6-11-23)12-9-13-26(21)33-29-30(2)24(15-16-31-29)18-22(19-32-30)20-34-17-8-7-14-27(34)28(35)36-3/h4-6,9-13,15-16,18-19,24,27H,7-8,14,17,20H2,1-3H3,(H,31,33)/t24-,27?,30?/m1/s1. The van der Waals surface area contributed by atoms with Crippen LogP contribution in [0.5, 0.6) is 0 Å². The van der Waals surface area contributed by atoms with Crippen LogP contribution >= 0.6 is 0 Å². The van der Waals surface area contributed by atoms with Gasteiger partial charge in [0.15, 0.2) is 0 Å². The van der Waals surface area contributed by atoms with E-state index in [1.807, 2.05) is 18.5 Å². The second-order valence-corrected chi connectivity index (χ2v) is 9.97. The van der Waals surface area contributed by atoms with Crippen LogP contribution in [0.1, 0.15) is 31.7 Å². The van der Waals surface area contributed by atoms with Crippen molar-refractivity contribution in [3.8, 4) is 11.1 Å². The normalized spacial score (nSPS) is 25.5. The van der Waals surface area contributed by atoms with Crippen LogP contribution in [0, 0.1) is 12.8 Å². The highest BCUT2D eigenvalue weighted by Crippen LogP contribution is 2.36. The van der Waals surface area contributed by atoms with Crippen molar-refractivity contribution in [2.45, 2.75) is 44.7 Å². The molecule has 3 aliphatic heterocycles. The first-order valence-corrected chi connectivity index (χ1v) is 12.7. The van der Waals surface area contributed by atoms with Crippen LogP contribution < -0.4 is 5.32 Å². The van der Waals surface area contributed by atoms with E-state index in [0.29, 0.717) is 6.54 Å². The van der Waals surface area contributed by atoms with Gasteiger partial charge in [0.05, 0.1) is 7.11 Å². The number of benzene rings is 2. The Hall–Kier alpha value is -3.51. The van der Waals surface area contributed by atoms with Crippen LogP contribution in [0.15, 0.2) is 82.4 Å². The molecule has 0 aromatic heterocycles. The Morgan fingerprint density at radius 3 is 2.81 bits per heavy atom. The van der Waals surface area contributed by atoms with Crippen LogP contribution in [0.25, 0.3) is 11.1 Å². The van der Waals surface area contributed by atoms with Crippen molar-refractivity contribution >= 4 is 23.7 Å². The summed E-state index contributed by atoms with van der Waals surface area (Å²) in [5.41, 5.74) is 5.21. The van der Waals surface area contributed by atoms with E-state index in [-0.39, 0.29) is 17.9 Å². The van der Waals surface area contributed by atoms with Crippen molar-refractivity contribution in [1.82, 2.24) is 4.90 Å². The third-order valence-electron chi connectivity index (χ3n) is 7.66. The first kappa shape index (κ1) is 24.2. The molecular formula is C30H34N4O2. The van der Waals surface area contributed by atoms with Crippen molar-refractivity contribution in [1.29, 1.82) is 0 Å². The fourth-order valence-electron chi connectivity index (χ4n) is 5.44. The van der Waals surface area contributed by atoms with E-state index in [2.05, 4.69) is 78.7 Å². The summed E-state index contributed by atoms with van der Waals surface area (Å²) in [7, 11) is 1.47. The number of hydrogen-bond acceptors (Lipinski definition) is 6. The summed E-state index contributed by atoms with van der Waals surface area (Å²) in [4.78, 5) is 24.3. The summed E-state index contributed by atoms with van der Waals surface area (Å²) in [6.45, 7) is 5.86. The van der Waals surface area contributed by atoms with Crippen LogP contribution in [-0.4, -0.2) is 54.7 Å². The SMILES string of the molecule is COC(=O)C1CCCCN1CC1=C[C@H]2C=CN=C(Nc3cccc(-c4ccccc4)c3C)C2(C)N=C1. The van der Waals surface area contributed by atoms with E-state index >= 15 is 0 Å². The average Bonchev–Trinajstić information content (AvgIpc) is 2.91. The molecule has 0 aliphatic carbocycles. The lowest BCUT2D eigenvalue weighted by atomic mass is 9.80. The molecule has 3 aliphatic rings. The molecule has 0 bridgehead atoms. The number of esters is 1. The second kappa shape index (κ2) is 10.2. The minimum absolute atomic E-state index is 0.0801. The molecule has 6 nitrogen and oxygen atoms in total. The predicted molar refractivity (Wildman–Crippen MR) is 147 cm³/mol. The number of amidine groups is 1.